The summed E-state index contributed by atoms with van der Waals surface area (Å²) in [6.07, 6.45) is 0.794. The van der Waals surface area contributed by atoms with Crippen LogP contribution in [0.15, 0.2) is 29.2 Å². The van der Waals surface area contributed by atoms with Crippen molar-refractivity contribution in [2.24, 2.45) is 5.14 Å². The second kappa shape index (κ2) is 4.98. The van der Waals surface area contributed by atoms with Gasteiger partial charge < -0.3 is 10.6 Å². The number of amides is 2. The van der Waals surface area contributed by atoms with Crippen LogP contribution in [0.1, 0.15) is 12.8 Å². The lowest BCUT2D eigenvalue weighted by molar-refractivity contribution is -0.122. The lowest BCUT2D eigenvalue weighted by atomic mass is 10.2. The van der Waals surface area contributed by atoms with E-state index in [0.29, 0.717) is 18.5 Å². The molecule has 102 valence electrons. The molecular formula is C11H13N3O4S. The summed E-state index contributed by atoms with van der Waals surface area (Å²) in [4.78, 5) is 22.7. The number of carbonyl (C=O) groups excluding carboxylic acids is 2. The number of hydrogen-bond acceptors (Lipinski definition) is 4. The van der Waals surface area contributed by atoms with E-state index in [0.717, 1.165) is 0 Å². The first-order valence-corrected chi connectivity index (χ1v) is 7.14. The van der Waals surface area contributed by atoms with Crippen LogP contribution in [0, 0.1) is 0 Å². The zero-order valence-electron chi connectivity index (χ0n) is 9.92. The number of anilines is 1. The Hall–Kier alpha value is -1.93. The zero-order chi connectivity index (χ0) is 14.0. The van der Waals surface area contributed by atoms with E-state index in [1.165, 1.54) is 24.3 Å². The fourth-order valence-corrected chi connectivity index (χ4v) is 2.28. The summed E-state index contributed by atoms with van der Waals surface area (Å²) in [6.45, 7) is 0. The third-order valence-electron chi connectivity index (χ3n) is 2.76. The van der Waals surface area contributed by atoms with E-state index in [-0.39, 0.29) is 16.7 Å². The molecule has 0 spiro atoms. The number of nitrogens with one attached hydrogen (secondary N) is 2. The summed E-state index contributed by atoms with van der Waals surface area (Å²) < 4.78 is 22.1. The molecule has 2 amide bonds. The van der Waals surface area contributed by atoms with Crippen LogP contribution < -0.4 is 15.8 Å². The van der Waals surface area contributed by atoms with E-state index in [1.807, 2.05) is 0 Å². The SMILES string of the molecule is NS(=O)(=O)c1ccc(NC(=O)C2CCC(=O)N2)cc1. The van der Waals surface area contributed by atoms with Crippen molar-refractivity contribution in [3.63, 3.8) is 0 Å². The van der Waals surface area contributed by atoms with Crippen LogP contribution in [-0.2, 0) is 19.6 Å². The van der Waals surface area contributed by atoms with Crippen LogP contribution in [0.5, 0.6) is 0 Å². The molecule has 1 aliphatic heterocycles. The van der Waals surface area contributed by atoms with Crippen molar-refractivity contribution in [2.45, 2.75) is 23.8 Å². The Morgan fingerprint density at radius 2 is 1.95 bits per heavy atom. The molecule has 1 aromatic carbocycles. The van der Waals surface area contributed by atoms with Gasteiger partial charge in [0.25, 0.3) is 0 Å². The maximum Gasteiger partial charge on any atom is 0.246 e. The Labute approximate surface area is 110 Å². The van der Waals surface area contributed by atoms with Crippen LogP contribution in [0.4, 0.5) is 5.69 Å². The van der Waals surface area contributed by atoms with Crippen molar-refractivity contribution >= 4 is 27.5 Å². The van der Waals surface area contributed by atoms with E-state index in [9.17, 15) is 18.0 Å². The molecule has 1 heterocycles. The number of sulfonamides is 1. The molecule has 8 heteroatoms. The molecule has 19 heavy (non-hydrogen) atoms. The number of hydrogen-bond donors (Lipinski definition) is 3. The van der Waals surface area contributed by atoms with Gasteiger partial charge in [-0.05, 0) is 30.7 Å². The molecule has 1 aromatic rings. The van der Waals surface area contributed by atoms with Crippen LogP contribution in [-0.4, -0.2) is 26.3 Å². The van der Waals surface area contributed by atoms with Gasteiger partial charge >= 0.3 is 0 Å². The van der Waals surface area contributed by atoms with E-state index in [2.05, 4.69) is 10.6 Å². The Morgan fingerprint density at radius 3 is 2.42 bits per heavy atom. The average molecular weight is 283 g/mol. The number of nitrogens with two attached hydrogens (primary N) is 1. The molecule has 0 aromatic heterocycles. The van der Waals surface area contributed by atoms with Gasteiger partial charge in [-0.3, -0.25) is 9.59 Å². The Kier molecular flexibility index (Phi) is 3.54. The van der Waals surface area contributed by atoms with Gasteiger partial charge in [-0.2, -0.15) is 0 Å². The first-order valence-electron chi connectivity index (χ1n) is 5.59. The number of primary sulfonamides is 1. The first kappa shape index (κ1) is 13.5. The summed E-state index contributed by atoms with van der Waals surface area (Å²) in [7, 11) is -3.74. The van der Waals surface area contributed by atoms with E-state index in [1.54, 1.807) is 0 Å². The van der Waals surface area contributed by atoms with Crippen LogP contribution >= 0.6 is 0 Å². The topological polar surface area (TPSA) is 118 Å². The molecule has 0 radical (unpaired) electrons. The van der Waals surface area contributed by atoms with E-state index >= 15 is 0 Å². The van der Waals surface area contributed by atoms with Crippen LogP contribution in [0.2, 0.25) is 0 Å². The fraction of sp³-hybridized carbons (Fsp3) is 0.273. The quantitative estimate of drug-likeness (QED) is 0.696. The van der Waals surface area contributed by atoms with Gasteiger partial charge in [-0.25, -0.2) is 13.6 Å². The second-order valence-corrected chi connectivity index (χ2v) is 5.78. The molecule has 1 fully saturated rings. The monoisotopic (exact) mass is 283 g/mol. The standard InChI is InChI=1S/C11H13N3O4S/c12-19(17,18)8-3-1-7(2-4-8)13-11(16)9-5-6-10(15)14-9/h1-4,9H,5-6H2,(H,13,16)(H,14,15)(H2,12,17,18). The van der Waals surface area contributed by atoms with Gasteiger partial charge in [0.05, 0.1) is 4.90 Å². The fourth-order valence-electron chi connectivity index (χ4n) is 1.77. The van der Waals surface area contributed by atoms with Gasteiger partial charge in [-0.15, -0.1) is 0 Å². The second-order valence-electron chi connectivity index (χ2n) is 4.22. The Morgan fingerprint density at radius 1 is 1.32 bits per heavy atom. The number of carbonyl (C=O) groups is 2. The third kappa shape index (κ3) is 3.30. The van der Waals surface area contributed by atoms with E-state index < -0.39 is 16.1 Å². The normalized spacial score (nSPS) is 19.0. The van der Waals surface area contributed by atoms with Gasteiger partial charge in [0.15, 0.2) is 0 Å². The third-order valence-corrected chi connectivity index (χ3v) is 3.69. The molecule has 0 bridgehead atoms. The number of rotatable bonds is 3. The Balaban J connectivity index is 2.04. The molecule has 1 unspecified atom stereocenters. The zero-order valence-corrected chi connectivity index (χ0v) is 10.7. The van der Waals surface area contributed by atoms with Crippen LogP contribution in [0.3, 0.4) is 0 Å². The van der Waals surface area contributed by atoms with Crippen molar-refractivity contribution in [3.8, 4) is 0 Å². The molecule has 2 rings (SSSR count). The highest BCUT2D eigenvalue weighted by Gasteiger charge is 2.27. The van der Waals surface area contributed by atoms with Crippen molar-refractivity contribution in [3.05, 3.63) is 24.3 Å². The van der Waals surface area contributed by atoms with Crippen molar-refractivity contribution in [2.75, 3.05) is 5.32 Å². The predicted molar refractivity (Wildman–Crippen MR) is 67.6 cm³/mol. The molecular weight excluding hydrogens is 270 g/mol. The molecule has 7 nitrogen and oxygen atoms in total. The molecule has 1 aliphatic rings. The first-order chi connectivity index (χ1) is 8.86. The predicted octanol–water partition coefficient (Wildman–Crippen LogP) is -0.449. The van der Waals surface area contributed by atoms with Crippen molar-refractivity contribution in [1.29, 1.82) is 0 Å². The average Bonchev–Trinajstić information content (AvgIpc) is 2.75. The van der Waals surface area contributed by atoms with Gasteiger partial charge in [-0.1, -0.05) is 0 Å². The minimum absolute atomic E-state index is 0.0281. The summed E-state index contributed by atoms with van der Waals surface area (Å²) in [5.41, 5.74) is 0.443. The van der Waals surface area contributed by atoms with Gasteiger partial charge in [0, 0.05) is 12.1 Å². The molecule has 0 aliphatic carbocycles. The van der Waals surface area contributed by atoms with Crippen molar-refractivity contribution in [1.82, 2.24) is 5.32 Å². The smallest absolute Gasteiger partial charge is 0.246 e. The van der Waals surface area contributed by atoms with E-state index in [4.69, 9.17) is 5.14 Å². The van der Waals surface area contributed by atoms with Crippen molar-refractivity contribution < 1.29 is 18.0 Å². The summed E-state index contributed by atoms with van der Waals surface area (Å²) in [6, 6.07) is 4.95. The largest absolute Gasteiger partial charge is 0.344 e. The van der Waals surface area contributed by atoms with Gasteiger partial charge in [0.2, 0.25) is 21.8 Å². The summed E-state index contributed by atoms with van der Waals surface area (Å²) in [5.74, 6) is -0.473. The minimum atomic E-state index is -3.74. The Bertz CT molecular complexity index is 609. The summed E-state index contributed by atoms with van der Waals surface area (Å²) in [5, 5.41) is 10.1. The summed E-state index contributed by atoms with van der Waals surface area (Å²) >= 11 is 0. The highest BCUT2D eigenvalue weighted by atomic mass is 32.2. The molecule has 1 saturated heterocycles. The number of benzene rings is 1. The lowest BCUT2D eigenvalue weighted by Gasteiger charge is -2.11. The molecule has 0 saturated carbocycles. The minimum Gasteiger partial charge on any atom is -0.344 e. The highest BCUT2D eigenvalue weighted by Crippen LogP contribution is 2.14. The maximum absolute atomic E-state index is 11.8. The molecule has 4 N–H and O–H groups in total. The molecule has 1 atom stereocenters. The van der Waals surface area contributed by atoms with Crippen LogP contribution in [0.25, 0.3) is 0 Å². The highest BCUT2D eigenvalue weighted by molar-refractivity contribution is 7.89. The van der Waals surface area contributed by atoms with Gasteiger partial charge in [0.1, 0.15) is 6.04 Å². The maximum atomic E-state index is 11.8. The lowest BCUT2D eigenvalue weighted by Crippen LogP contribution is -2.37.